The van der Waals surface area contributed by atoms with Gasteiger partial charge in [-0.05, 0) is 24.6 Å². The minimum atomic E-state index is -0.423. The normalized spacial score (nSPS) is 17.7. The smallest absolute Gasteiger partial charge is 0.320 e. The average Bonchev–Trinajstić information content (AvgIpc) is 2.56. The van der Waals surface area contributed by atoms with E-state index in [1.165, 1.54) is 12.1 Å². The van der Waals surface area contributed by atoms with Crippen LogP contribution in [0.5, 0.6) is 0 Å². The lowest BCUT2D eigenvalue weighted by Gasteiger charge is -2.35. The number of urea groups is 1. The molecule has 0 unspecified atom stereocenters. The lowest BCUT2D eigenvalue weighted by Crippen LogP contribution is -2.48. The van der Waals surface area contributed by atoms with Gasteiger partial charge in [0.2, 0.25) is 0 Å². The van der Waals surface area contributed by atoms with Crippen molar-refractivity contribution in [2.45, 2.75) is 13.8 Å². The molecule has 2 amide bonds. The van der Waals surface area contributed by atoms with E-state index in [-0.39, 0.29) is 6.03 Å². The number of aromatic nitrogens is 1. The maximum atomic E-state index is 12.7. The van der Waals surface area contributed by atoms with Crippen molar-refractivity contribution in [3.8, 4) is 0 Å². The van der Waals surface area contributed by atoms with Crippen LogP contribution in [-0.4, -0.2) is 66.6 Å². The molecule has 0 spiro atoms. The summed E-state index contributed by atoms with van der Waals surface area (Å²) >= 11 is 0. The number of hydrogen-bond donors (Lipinski definition) is 2. The first-order valence-electron chi connectivity index (χ1n) is 8.18. The Bertz CT molecular complexity index is 488. The third kappa shape index (κ3) is 6.11. The molecule has 0 aromatic carbocycles. The summed E-state index contributed by atoms with van der Waals surface area (Å²) < 4.78 is 12.7. The Hall–Kier alpha value is -1.73. The number of halogens is 1. The van der Waals surface area contributed by atoms with E-state index in [2.05, 4.69) is 39.3 Å². The fourth-order valence-electron chi connectivity index (χ4n) is 2.67. The van der Waals surface area contributed by atoms with Gasteiger partial charge >= 0.3 is 6.03 Å². The third-order valence-corrected chi connectivity index (χ3v) is 4.06. The molecule has 2 heterocycles. The molecule has 0 bridgehead atoms. The second-order valence-corrected chi connectivity index (χ2v) is 6.04. The number of carbonyl (C=O) groups is 1. The number of pyridine rings is 1. The molecule has 0 saturated carbocycles. The molecule has 1 aromatic rings. The van der Waals surface area contributed by atoms with Crippen LogP contribution in [0.1, 0.15) is 13.8 Å². The number of rotatable bonds is 6. The van der Waals surface area contributed by atoms with E-state index in [0.29, 0.717) is 18.3 Å². The van der Waals surface area contributed by atoms with Gasteiger partial charge in [0, 0.05) is 39.3 Å². The van der Waals surface area contributed by atoms with Crippen molar-refractivity contribution >= 4 is 11.8 Å². The van der Waals surface area contributed by atoms with Gasteiger partial charge in [0.05, 0.1) is 6.20 Å². The van der Waals surface area contributed by atoms with Crippen molar-refractivity contribution in [3.05, 3.63) is 24.1 Å². The van der Waals surface area contributed by atoms with Crippen molar-refractivity contribution in [1.82, 2.24) is 20.1 Å². The van der Waals surface area contributed by atoms with Crippen LogP contribution in [-0.2, 0) is 0 Å². The number of hydrogen-bond acceptors (Lipinski definition) is 4. The summed E-state index contributed by atoms with van der Waals surface area (Å²) in [5.74, 6) is 0.287. The Morgan fingerprint density at radius 1 is 1.30 bits per heavy atom. The molecule has 1 aromatic heterocycles. The molecule has 128 valence electrons. The SMILES string of the molecule is CCN1CCN(C[C@H](C)CNC(=O)Nc2ccc(F)cn2)CC1. The molecule has 1 aliphatic heterocycles. The van der Waals surface area contributed by atoms with Crippen LogP contribution in [0.15, 0.2) is 18.3 Å². The predicted molar refractivity (Wildman–Crippen MR) is 88.9 cm³/mol. The summed E-state index contributed by atoms with van der Waals surface area (Å²) in [6.07, 6.45) is 1.08. The summed E-state index contributed by atoms with van der Waals surface area (Å²) in [5, 5.41) is 5.43. The van der Waals surface area contributed by atoms with Gasteiger partial charge in [-0.15, -0.1) is 0 Å². The van der Waals surface area contributed by atoms with Gasteiger partial charge in [-0.2, -0.15) is 0 Å². The maximum Gasteiger partial charge on any atom is 0.320 e. The zero-order valence-corrected chi connectivity index (χ0v) is 13.9. The quantitative estimate of drug-likeness (QED) is 0.835. The van der Waals surface area contributed by atoms with Gasteiger partial charge in [0.15, 0.2) is 0 Å². The van der Waals surface area contributed by atoms with Crippen LogP contribution in [0.25, 0.3) is 0 Å². The second-order valence-electron chi connectivity index (χ2n) is 6.04. The number of nitrogens with one attached hydrogen (secondary N) is 2. The van der Waals surface area contributed by atoms with Crippen molar-refractivity contribution in [1.29, 1.82) is 0 Å². The summed E-state index contributed by atoms with van der Waals surface area (Å²) in [6, 6.07) is 2.39. The zero-order chi connectivity index (χ0) is 16.7. The van der Waals surface area contributed by atoms with Gasteiger partial charge < -0.3 is 15.1 Å². The standard InChI is InChI=1S/C16H26FN5O/c1-3-21-6-8-22(9-7-21)12-13(2)10-19-16(23)20-15-5-4-14(17)11-18-15/h4-5,11,13H,3,6-10,12H2,1-2H3,(H2,18,19,20,23)/t13-/m1/s1. The number of piperazine rings is 1. The van der Waals surface area contributed by atoms with Crippen LogP contribution in [0.3, 0.4) is 0 Å². The largest absolute Gasteiger partial charge is 0.338 e. The fraction of sp³-hybridized carbons (Fsp3) is 0.625. The Morgan fingerprint density at radius 2 is 2.00 bits per heavy atom. The van der Waals surface area contributed by atoms with E-state index in [1.807, 2.05) is 0 Å². The molecule has 23 heavy (non-hydrogen) atoms. The fourth-order valence-corrected chi connectivity index (χ4v) is 2.67. The van der Waals surface area contributed by atoms with Crippen LogP contribution in [0.2, 0.25) is 0 Å². The summed E-state index contributed by atoms with van der Waals surface area (Å²) in [4.78, 5) is 20.5. The molecule has 0 radical (unpaired) electrons. The molecule has 1 saturated heterocycles. The van der Waals surface area contributed by atoms with Gasteiger partial charge in [0.1, 0.15) is 11.6 Å². The Balaban J connectivity index is 1.64. The summed E-state index contributed by atoms with van der Waals surface area (Å²) in [7, 11) is 0. The minimum Gasteiger partial charge on any atom is -0.338 e. The lowest BCUT2D eigenvalue weighted by atomic mass is 10.1. The molecule has 1 fully saturated rings. The monoisotopic (exact) mass is 323 g/mol. The summed E-state index contributed by atoms with van der Waals surface area (Å²) in [5.41, 5.74) is 0. The van der Waals surface area contributed by atoms with Crippen molar-refractivity contribution < 1.29 is 9.18 Å². The van der Waals surface area contributed by atoms with E-state index < -0.39 is 5.82 Å². The topological polar surface area (TPSA) is 60.5 Å². The Labute approximate surface area is 137 Å². The van der Waals surface area contributed by atoms with E-state index in [1.54, 1.807) is 0 Å². The molecule has 2 N–H and O–H groups in total. The molecule has 6 nitrogen and oxygen atoms in total. The summed E-state index contributed by atoms with van der Waals surface area (Å²) in [6.45, 7) is 11.4. The van der Waals surface area contributed by atoms with E-state index in [9.17, 15) is 9.18 Å². The first-order chi connectivity index (χ1) is 11.1. The highest BCUT2D eigenvalue weighted by Gasteiger charge is 2.17. The van der Waals surface area contributed by atoms with Gasteiger partial charge in [0.25, 0.3) is 0 Å². The number of nitrogens with zero attached hydrogens (tertiary/aromatic N) is 3. The van der Waals surface area contributed by atoms with Gasteiger partial charge in [-0.25, -0.2) is 14.2 Å². The van der Waals surface area contributed by atoms with E-state index in [4.69, 9.17) is 0 Å². The molecule has 7 heteroatoms. The van der Waals surface area contributed by atoms with Crippen molar-refractivity contribution in [2.24, 2.45) is 5.92 Å². The van der Waals surface area contributed by atoms with E-state index in [0.717, 1.165) is 45.5 Å². The first-order valence-corrected chi connectivity index (χ1v) is 8.18. The number of anilines is 1. The minimum absolute atomic E-state index is 0.313. The molecular formula is C16H26FN5O. The third-order valence-electron chi connectivity index (χ3n) is 4.06. The number of likely N-dealkylation sites (N-methyl/N-ethyl adjacent to an activating group) is 1. The highest BCUT2D eigenvalue weighted by Crippen LogP contribution is 2.06. The van der Waals surface area contributed by atoms with E-state index >= 15 is 0 Å². The Morgan fingerprint density at radius 3 is 2.61 bits per heavy atom. The maximum absolute atomic E-state index is 12.7. The van der Waals surface area contributed by atoms with Crippen LogP contribution in [0, 0.1) is 11.7 Å². The van der Waals surface area contributed by atoms with Crippen molar-refractivity contribution in [3.63, 3.8) is 0 Å². The van der Waals surface area contributed by atoms with Gasteiger partial charge in [-0.3, -0.25) is 5.32 Å². The Kier molecular flexibility index (Phi) is 6.73. The molecule has 1 aliphatic rings. The molecular weight excluding hydrogens is 297 g/mol. The average molecular weight is 323 g/mol. The second kappa shape index (κ2) is 8.79. The predicted octanol–water partition coefficient (Wildman–Crippen LogP) is 1.62. The lowest BCUT2D eigenvalue weighted by molar-refractivity contribution is 0.124. The van der Waals surface area contributed by atoms with Crippen LogP contribution in [0.4, 0.5) is 15.0 Å². The zero-order valence-electron chi connectivity index (χ0n) is 13.9. The molecule has 0 aliphatic carbocycles. The number of carbonyl (C=O) groups excluding carboxylic acids is 1. The van der Waals surface area contributed by atoms with Gasteiger partial charge in [-0.1, -0.05) is 13.8 Å². The van der Waals surface area contributed by atoms with Crippen LogP contribution >= 0.6 is 0 Å². The first kappa shape index (κ1) is 17.6. The molecule has 1 atom stereocenters. The molecule has 2 rings (SSSR count). The van der Waals surface area contributed by atoms with Crippen LogP contribution < -0.4 is 10.6 Å². The highest BCUT2D eigenvalue weighted by molar-refractivity contribution is 5.88. The highest BCUT2D eigenvalue weighted by atomic mass is 19.1. The number of amides is 2. The van der Waals surface area contributed by atoms with Crippen molar-refractivity contribution in [2.75, 3.05) is 51.1 Å².